The van der Waals surface area contributed by atoms with Crippen molar-refractivity contribution in [3.05, 3.63) is 64.3 Å². The third kappa shape index (κ3) is 3.85. The summed E-state index contributed by atoms with van der Waals surface area (Å²) < 4.78 is 13.0. The summed E-state index contributed by atoms with van der Waals surface area (Å²) in [4.78, 5) is 15.2. The molecule has 0 amide bonds. The minimum absolute atomic E-state index is 0.0421. The summed E-state index contributed by atoms with van der Waals surface area (Å²) in [6.07, 6.45) is 1.39. The largest absolute Gasteiger partial charge is 0.496 e. The predicted molar refractivity (Wildman–Crippen MR) is 124 cm³/mol. The number of fused-ring (bicyclic) bond motifs is 2. The molecule has 1 aliphatic rings. The van der Waals surface area contributed by atoms with Crippen molar-refractivity contribution in [2.75, 3.05) is 7.11 Å². The Morgan fingerprint density at radius 1 is 1.16 bits per heavy atom. The Hall–Kier alpha value is -3.30. The highest BCUT2D eigenvalue weighted by Crippen LogP contribution is 2.41. The first kappa shape index (κ1) is 21.9. The molecule has 0 N–H and O–H groups in total. The molecule has 6 heteroatoms. The van der Waals surface area contributed by atoms with Crippen LogP contribution in [-0.4, -0.2) is 28.3 Å². The molecule has 1 unspecified atom stereocenters. The molecule has 0 radical (unpaired) electrons. The van der Waals surface area contributed by atoms with Crippen molar-refractivity contribution in [2.45, 2.75) is 59.4 Å². The van der Waals surface area contributed by atoms with Crippen molar-refractivity contribution in [3.63, 3.8) is 0 Å². The lowest BCUT2D eigenvalue weighted by molar-refractivity contribution is 0.0544. The Bertz CT molecular complexity index is 1240. The monoisotopic (exact) mass is 431 g/mol. The first-order valence-electron chi connectivity index (χ1n) is 10.8. The van der Waals surface area contributed by atoms with Crippen molar-refractivity contribution < 1.29 is 14.3 Å². The molecule has 1 aliphatic heterocycles. The molecule has 6 nitrogen and oxygen atoms in total. The van der Waals surface area contributed by atoms with Crippen LogP contribution in [0.5, 0.6) is 5.75 Å². The van der Waals surface area contributed by atoms with Gasteiger partial charge in [0, 0.05) is 36.3 Å². The lowest BCUT2D eigenvalue weighted by atomic mass is 9.98. The zero-order valence-electron chi connectivity index (χ0n) is 19.5. The van der Waals surface area contributed by atoms with Crippen molar-refractivity contribution in [1.29, 1.82) is 5.26 Å². The number of nitriles is 1. The van der Waals surface area contributed by atoms with E-state index in [1.165, 1.54) is 11.1 Å². The third-order valence-electron chi connectivity index (χ3n) is 6.02. The van der Waals surface area contributed by atoms with Crippen LogP contribution in [0.4, 0.5) is 4.79 Å². The van der Waals surface area contributed by atoms with E-state index in [0.717, 1.165) is 40.9 Å². The van der Waals surface area contributed by atoms with Crippen LogP contribution >= 0.6 is 0 Å². The number of hydrogen-bond acceptors (Lipinski definition) is 5. The van der Waals surface area contributed by atoms with Crippen molar-refractivity contribution >= 4 is 17.0 Å². The molecule has 0 saturated carbocycles. The van der Waals surface area contributed by atoms with E-state index in [1.54, 1.807) is 17.9 Å². The lowest BCUT2D eigenvalue weighted by Gasteiger charge is -2.27. The van der Waals surface area contributed by atoms with Gasteiger partial charge in [-0.15, -0.1) is 0 Å². The van der Waals surface area contributed by atoms with Crippen molar-refractivity contribution in [1.82, 2.24) is 9.47 Å². The summed E-state index contributed by atoms with van der Waals surface area (Å²) in [5.41, 5.74) is 5.37. The maximum absolute atomic E-state index is 12.9. The van der Waals surface area contributed by atoms with Crippen molar-refractivity contribution in [2.24, 2.45) is 0 Å². The summed E-state index contributed by atoms with van der Waals surface area (Å²) in [6.45, 7) is 11.3. The molecule has 32 heavy (non-hydrogen) atoms. The fourth-order valence-corrected chi connectivity index (χ4v) is 4.54. The van der Waals surface area contributed by atoms with Crippen LogP contribution in [0.3, 0.4) is 0 Å². The highest BCUT2D eigenvalue weighted by atomic mass is 16.6. The maximum Gasteiger partial charge on any atom is 0.419 e. The number of methoxy groups -OCH3 is 1. The molecule has 0 bridgehead atoms. The van der Waals surface area contributed by atoms with E-state index in [0.29, 0.717) is 5.56 Å². The summed E-state index contributed by atoms with van der Waals surface area (Å²) in [7, 11) is 1.68. The number of carbonyl (C=O) groups is 1. The molecule has 0 fully saturated rings. The molecular weight excluding hydrogens is 402 g/mol. The number of hydrogen-bond donors (Lipinski definition) is 0. The van der Waals surface area contributed by atoms with Gasteiger partial charge < -0.3 is 9.47 Å². The SMILES string of the molecule is COc1cc(C)c2c(ccn2C(=O)OC(C)(C)C)c1C(C)N1Cc2ccc(C#N)cc2C1. The van der Waals surface area contributed by atoms with E-state index in [-0.39, 0.29) is 6.04 Å². The van der Waals surface area contributed by atoms with Crippen molar-refractivity contribution in [3.8, 4) is 11.8 Å². The van der Waals surface area contributed by atoms with Gasteiger partial charge in [0.25, 0.3) is 0 Å². The average Bonchev–Trinajstić information content (AvgIpc) is 3.36. The molecule has 1 atom stereocenters. The van der Waals surface area contributed by atoms with E-state index in [2.05, 4.69) is 17.9 Å². The Morgan fingerprint density at radius 3 is 2.53 bits per heavy atom. The molecule has 0 saturated heterocycles. The first-order valence-corrected chi connectivity index (χ1v) is 10.8. The standard InChI is InChI=1S/C26H29N3O3/c1-16-11-22(31-6)23(21-9-10-29(24(16)21)25(30)32-26(3,4)5)17(2)28-14-19-8-7-18(13-27)12-20(19)15-28/h7-12,17H,14-15H2,1-6H3. The quantitative estimate of drug-likeness (QED) is 0.533. The third-order valence-corrected chi connectivity index (χ3v) is 6.02. The summed E-state index contributed by atoms with van der Waals surface area (Å²) in [5, 5.41) is 10.2. The molecule has 1 aromatic heterocycles. The van der Waals surface area contributed by atoms with Crippen LogP contribution in [0.2, 0.25) is 0 Å². The predicted octanol–water partition coefficient (Wildman–Crippen LogP) is 5.69. The van der Waals surface area contributed by atoms with Crippen LogP contribution < -0.4 is 4.74 Å². The second kappa shape index (κ2) is 7.99. The minimum atomic E-state index is -0.576. The Morgan fingerprint density at radius 2 is 1.88 bits per heavy atom. The number of aryl methyl sites for hydroxylation is 1. The molecule has 0 spiro atoms. The maximum atomic E-state index is 12.9. The Balaban J connectivity index is 1.76. The number of carbonyl (C=O) groups excluding carboxylic acids is 1. The number of rotatable bonds is 3. The van der Waals surface area contributed by atoms with Gasteiger partial charge in [-0.25, -0.2) is 4.79 Å². The molecule has 0 aliphatic carbocycles. The Labute approximate surface area is 189 Å². The van der Waals surface area contributed by atoms with E-state index in [1.807, 2.05) is 58.0 Å². The molecular formula is C26H29N3O3. The van der Waals surface area contributed by atoms with Gasteiger partial charge >= 0.3 is 6.09 Å². The number of aromatic nitrogens is 1. The van der Waals surface area contributed by atoms with Gasteiger partial charge in [0.1, 0.15) is 11.4 Å². The van der Waals surface area contributed by atoms with Crippen LogP contribution in [0, 0.1) is 18.3 Å². The van der Waals surface area contributed by atoms with Gasteiger partial charge in [-0.1, -0.05) is 6.07 Å². The van der Waals surface area contributed by atoms with E-state index in [9.17, 15) is 10.1 Å². The fourth-order valence-electron chi connectivity index (χ4n) is 4.54. The van der Waals surface area contributed by atoms with Gasteiger partial charge in [0.2, 0.25) is 0 Å². The van der Waals surface area contributed by atoms with Crippen LogP contribution in [0.1, 0.15) is 61.6 Å². The zero-order valence-corrected chi connectivity index (χ0v) is 19.5. The number of ether oxygens (including phenoxy) is 2. The molecule has 2 aromatic carbocycles. The summed E-state index contributed by atoms with van der Waals surface area (Å²) in [6, 6.07) is 12.1. The molecule has 4 rings (SSSR count). The second-order valence-corrected chi connectivity index (χ2v) is 9.41. The van der Waals surface area contributed by atoms with Gasteiger partial charge in [-0.3, -0.25) is 9.47 Å². The lowest BCUT2D eigenvalue weighted by Crippen LogP contribution is -2.27. The highest BCUT2D eigenvalue weighted by Gasteiger charge is 2.29. The number of nitrogens with zero attached hydrogens (tertiary/aromatic N) is 3. The van der Waals surface area contributed by atoms with Gasteiger partial charge in [0.05, 0.1) is 24.3 Å². The van der Waals surface area contributed by atoms with E-state index < -0.39 is 11.7 Å². The van der Waals surface area contributed by atoms with Gasteiger partial charge in [-0.05, 0) is 75.6 Å². The zero-order chi connectivity index (χ0) is 23.2. The molecule has 2 heterocycles. The van der Waals surface area contributed by atoms with E-state index >= 15 is 0 Å². The topological polar surface area (TPSA) is 67.5 Å². The van der Waals surface area contributed by atoms with Crippen LogP contribution in [0.15, 0.2) is 36.5 Å². The minimum Gasteiger partial charge on any atom is -0.496 e. The molecule has 3 aromatic rings. The molecule has 166 valence electrons. The van der Waals surface area contributed by atoms with Gasteiger partial charge in [0.15, 0.2) is 0 Å². The highest BCUT2D eigenvalue weighted by molar-refractivity contribution is 5.95. The fraction of sp³-hybridized carbons (Fsp3) is 0.385. The smallest absolute Gasteiger partial charge is 0.419 e. The van der Waals surface area contributed by atoms with Gasteiger partial charge in [-0.2, -0.15) is 5.26 Å². The van der Waals surface area contributed by atoms with Crippen LogP contribution in [0.25, 0.3) is 10.9 Å². The summed E-state index contributed by atoms with van der Waals surface area (Å²) in [5.74, 6) is 0.804. The average molecular weight is 432 g/mol. The Kier molecular flexibility index (Phi) is 5.47. The van der Waals surface area contributed by atoms with Crippen LogP contribution in [-0.2, 0) is 17.8 Å². The first-order chi connectivity index (χ1) is 15.1. The van der Waals surface area contributed by atoms with E-state index in [4.69, 9.17) is 9.47 Å². The summed E-state index contributed by atoms with van der Waals surface area (Å²) >= 11 is 0. The second-order valence-electron chi connectivity index (χ2n) is 9.41. The normalized spacial score (nSPS) is 14.8. The number of benzene rings is 2.